The number of hydrogen-bond acceptors (Lipinski definition) is 2. The van der Waals surface area contributed by atoms with Gasteiger partial charge in [-0.3, -0.25) is 4.79 Å². The molecule has 0 heterocycles. The molecular weight excluding hydrogens is 188 g/mol. The highest BCUT2D eigenvalue weighted by atomic mass is 79.9. The molecule has 0 amide bonds. The van der Waals surface area contributed by atoms with Gasteiger partial charge in [-0.2, -0.15) is 0 Å². The number of aliphatic carboxylic acids is 1. The van der Waals surface area contributed by atoms with E-state index in [1.54, 1.807) is 0 Å². The fraction of sp³-hybridized carbons (Fsp3) is 0.600. The first-order valence-electron chi connectivity index (χ1n) is 2.32. The second-order valence-corrected chi connectivity index (χ2v) is 4.09. The van der Waals surface area contributed by atoms with E-state index in [1.807, 2.05) is 0 Å². The first-order valence-corrected chi connectivity index (χ1v) is 3.11. The first-order chi connectivity index (χ1) is 3.85. The van der Waals surface area contributed by atoms with Crippen molar-refractivity contribution >= 4 is 27.7 Å². The molecule has 0 aromatic carbocycles. The van der Waals surface area contributed by atoms with Crippen molar-refractivity contribution < 1.29 is 14.7 Å². The lowest BCUT2D eigenvalue weighted by molar-refractivity contribution is -0.149. The molecule has 0 atom stereocenters. The maximum atomic E-state index is 10.5. The molecule has 0 aliphatic rings. The smallest absolute Gasteiger partial charge is 0.373 e. The molecule has 0 radical (unpaired) electrons. The van der Waals surface area contributed by atoms with E-state index >= 15 is 0 Å². The van der Waals surface area contributed by atoms with Gasteiger partial charge in [-0.15, -0.1) is 0 Å². The Morgan fingerprint density at radius 3 is 1.78 bits per heavy atom. The van der Waals surface area contributed by atoms with Gasteiger partial charge in [-0.25, -0.2) is 4.79 Å². The third-order valence-corrected chi connectivity index (χ3v) is 1.09. The number of Topliss-reactive ketones (excluding diaryl/α,β-unsaturated/α-hetero) is 1. The molecule has 0 bridgehead atoms. The maximum absolute atomic E-state index is 10.5. The number of carbonyl (C=O) groups is 2. The zero-order chi connectivity index (χ0) is 7.65. The molecule has 0 aromatic heterocycles. The van der Waals surface area contributed by atoms with E-state index in [0.717, 1.165) is 0 Å². The topological polar surface area (TPSA) is 54.4 Å². The zero-order valence-electron chi connectivity index (χ0n) is 5.14. The Balaban J connectivity index is 4.23. The minimum atomic E-state index is -1.41. The number of carboxylic acids is 1. The molecular formula is C5H7BrO3. The monoisotopic (exact) mass is 194 g/mol. The average molecular weight is 195 g/mol. The molecule has 0 aliphatic heterocycles. The summed E-state index contributed by atoms with van der Waals surface area (Å²) in [6, 6.07) is 0. The van der Waals surface area contributed by atoms with Crippen LogP contribution in [0.4, 0.5) is 0 Å². The normalized spacial score (nSPS) is 11.0. The van der Waals surface area contributed by atoms with Crippen LogP contribution in [-0.2, 0) is 9.59 Å². The Morgan fingerprint density at radius 2 is 1.78 bits per heavy atom. The van der Waals surface area contributed by atoms with Crippen molar-refractivity contribution in [2.24, 2.45) is 0 Å². The van der Waals surface area contributed by atoms with Crippen molar-refractivity contribution in [2.75, 3.05) is 0 Å². The van der Waals surface area contributed by atoms with E-state index in [9.17, 15) is 9.59 Å². The van der Waals surface area contributed by atoms with E-state index in [4.69, 9.17) is 5.11 Å². The van der Waals surface area contributed by atoms with E-state index in [-0.39, 0.29) is 0 Å². The SMILES string of the molecule is CC(C)(Br)C(=O)C(=O)O. The summed E-state index contributed by atoms with van der Waals surface area (Å²) in [5.74, 6) is -2.24. The predicted octanol–water partition coefficient (Wildman–Crippen LogP) is 0.814. The lowest BCUT2D eigenvalue weighted by atomic mass is 10.1. The van der Waals surface area contributed by atoms with Gasteiger partial charge in [-0.1, -0.05) is 15.9 Å². The van der Waals surface area contributed by atoms with Crippen molar-refractivity contribution in [1.82, 2.24) is 0 Å². The lowest BCUT2D eigenvalue weighted by Gasteiger charge is -2.09. The minimum absolute atomic E-state index is 0.831. The average Bonchev–Trinajstić information content (AvgIpc) is 1.62. The second-order valence-electron chi connectivity index (χ2n) is 2.11. The standard InChI is InChI=1S/C5H7BrO3/c1-5(2,6)3(7)4(8)9/h1-2H3,(H,8,9). The van der Waals surface area contributed by atoms with Crippen molar-refractivity contribution in [3.05, 3.63) is 0 Å². The van der Waals surface area contributed by atoms with Gasteiger partial charge in [0, 0.05) is 0 Å². The first kappa shape index (κ1) is 8.62. The summed E-state index contributed by atoms with van der Waals surface area (Å²) in [6.07, 6.45) is 0. The number of carbonyl (C=O) groups excluding carboxylic acids is 1. The van der Waals surface area contributed by atoms with Crippen LogP contribution in [0.1, 0.15) is 13.8 Å². The van der Waals surface area contributed by atoms with Gasteiger partial charge in [0.05, 0.1) is 4.32 Å². The number of hydrogen-bond donors (Lipinski definition) is 1. The molecule has 1 N–H and O–H groups in total. The van der Waals surface area contributed by atoms with Crippen molar-refractivity contribution in [3.8, 4) is 0 Å². The number of rotatable bonds is 2. The van der Waals surface area contributed by atoms with Crippen LogP contribution in [0.3, 0.4) is 0 Å². The minimum Gasteiger partial charge on any atom is -0.475 e. The van der Waals surface area contributed by atoms with Crippen molar-refractivity contribution in [3.63, 3.8) is 0 Å². The predicted molar refractivity (Wildman–Crippen MR) is 35.6 cm³/mol. The summed E-state index contributed by atoms with van der Waals surface area (Å²) >= 11 is 2.91. The van der Waals surface area contributed by atoms with Crippen LogP contribution in [0.25, 0.3) is 0 Å². The van der Waals surface area contributed by atoms with Crippen LogP contribution < -0.4 is 0 Å². The van der Waals surface area contributed by atoms with Crippen LogP contribution in [0.15, 0.2) is 0 Å². The Labute approximate surface area is 61.2 Å². The van der Waals surface area contributed by atoms with Gasteiger partial charge in [0.2, 0.25) is 0 Å². The molecule has 0 aliphatic carbocycles. The van der Waals surface area contributed by atoms with Crippen LogP contribution >= 0.6 is 15.9 Å². The van der Waals surface area contributed by atoms with Gasteiger partial charge < -0.3 is 5.11 Å². The molecule has 0 aromatic rings. The summed E-state index contributed by atoms with van der Waals surface area (Å²) in [4.78, 5) is 20.5. The van der Waals surface area contributed by atoms with Gasteiger partial charge in [-0.05, 0) is 13.8 Å². The van der Waals surface area contributed by atoms with E-state index in [1.165, 1.54) is 13.8 Å². The zero-order valence-corrected chi connectivity index (χ0v) is 6.73. The Hall–Kier alpha value is -0.380. The molecule has 0 saturated heterocycles. The van der Waals surface area contributed by atoms with Gasteiger partial charge in [0.15, 0.2) is 0 Å². The quantitative estimate of drug-likeness (QED) is 0.524. The Bertz CT molecular complexity index is 145. The number of halogens is 1. The van der Waals surface area contributed by atoms with Gasteiger partial charge >= 0.3 is 5.97 Å². The maximum Gasteiger partial charge on any atom is 0.373 e. The van der Waals surface area contributed by atoms with Crippen molar-refractivity contribution in [2.45, 2.75) is 18.2 Å². The van der Waals surface area contributed by atoms with E-state index in [2.05, 4.69) is 15.9 Å². The molecule has 0 spiro atoms. The van der Waals surface area contributed by atoms with Crippen LogP contribution in [0, 0.1) is 0 Å². The number of ketones is 1. The number of alkyl halides is 1. The molecule has 52 valence electrons. The van der Waals surface area contributed by atoms with Gasteiger partial charge in [0.1, 0.15) is 0 Å². The largest absolute Gasteiger partial charge is 0.475 e. The highest BCUT2D eigenvalue weighted by molar-refractivity contribution is 9.10. The van der Waals surface area contributed by atoms with Crippen molar-refractivity contribution in [1.29, 1.82) is 0 Å². The highest BCUT2D eigenvalue weighted by Gasteiger charge is 2.29. The van der Waals surface area contributed by atoms with Crippen LogP contribution in [0.2, 0.25) is 0 Å². The molecule has 0 rings (SSSR count). The summed E-state index contributed by atoms with van der Waals surface area (Å²) in [5, 5.41) is 8.14. The van der Waals surface area contributed by atoms with Crippen LogP contribution in [-0.4, -0.2) is 21.2 Å². The third-order valence-electron chi connectivity index (χ3n) is 0.734. The summed E-state index contributed by atoms with van der Waals surface area (Å²) in [5.41, 5.74) is 0. The summed E-state index contributed by atoms with van der Waals surface area (Å²) in [7, 11) is 0. The number of carboxylic acid groups (broad SMARTS) is 1. The van der Waals surface area contributed by atoms with E-state index in [0.29, 0.717) is 0 Å². The molecule has 0 unspecified atom stereocenters. The van der Waals surface area contributed by atoms with Gasteiger partial charge in [0.25, 0.3) is 5.78 Å². The Kier molecular flexibility index (Phi) is 2.37. The molecule has 9 heavy (non-hydrogen) atoms. The summed E-state index contributed by atoms with van der Waals surface area (Å²) < 4.78 is -0.946. The second kappa shape index (κ2) is 2.47. The lowest BCUT2D eigenvalue weighted by Crippen LogP contribution is -2.31. The Morgan fingerprint density at radius 1 is 1.44 bits per heavy atom. The fourth-order valence-corrected chi connectivity index (χ4v) is 0.424. The molecule has 4 heteroatoms. The summed E-state index contributed by atoms with van der Waals surface area (Å²) in [6.45, 7) is 2.98. The highest BCUT2D eigenvalue weighted by Crippen LogP contribution is 2.16. The van der Waals surface area contributed by atoms with E-state index < -0.39 is 16.1 Å². The molecule has 3 nitrogen and oxygen atoms in total. The molecule has 0 fully saturated rings. The molecule has 0 saturated carbocycles. The fourth-order valence-electron chi connectivity index (χ4n) is 0.254. The van der Waals surface area contributed by atoms with Crippen LogP contribution in [0.5, 0.6) is 0 Å². The third kappa shape index (κ3) is 2.60.